The van der Waals surface area contributed by atoms with Crippen molar-refractivity contribution < 1.29 is 9.47 Å². The quantitative estimate of drug-likeness (QED) is 0.109. The molecule has 2 aliphatic rings. The van der Waals surface area contributed by atoms with Crippen LogP contribution in [0.15, 0.2) is 144 Å². The molecule has 0 bridgehead atoms. The van der Waals surface area contributed by atoms with Crippen LogP contribution in [0.3, 0.4) is 0 Å². The molecule has 1 aliphatic heterocycles. The topological polar surface area (TPSA) is 37.0 Å². The average molecular weight is 750 g/mol. The summed E-state index contributed by atoms with van der Waals surface area (Å²) in [7, 11) is 3.56. The third kappa shape index (κ3) is 9.23. The molecule has 0 saturated heterocycles. The molecule has 1 aliphatic carbocycles. The number of para-hydroxylation sites is 2. The highest BCUT2D eigenvalue weighted by Gasteiger charge is 2.40. The summed E-state index contributed by atoms with van der Waals surface area (Å²) < 4.78 is 10.8. The molecule has 1 heterocycles. The smallest absolute Gasteiger partial charge is 0.0525 e. The van der Waals surface area contributed by atoms with Crippen LogP contribution in [0.4, 0.5) is 22.7 Å². The molecule has 1 N–H and O–H groups in total. The van der Waals surface area contributed by atoms with Gasteiger partial charge in [0.15, 0.2) is 0 Å². The number of nitrogens with zero attached hydrogens (tertiary/aromatic N) is 2. The zero-order chi connectivity index (χ0) is 39.7. The average Bonchev–Trinajstić information content (AvgIpc) is 3.67. The first-order valence-corrected chi connectivity index (χ1v) is 20.5. The normalized spacial score (nSPS) is 16.8. The zero-order valence-electron chi connectivity index (χ0n) is 35.1. The maximum Gasteiger partial charge on any atom is 0.0525 e. The first kappa shape index (κ1) is 40.8. The molecule has 0 spiro atoms. The minimum absolute atomic E-state index is 0.0687. The molecule has 0 amide bonds. The molecule has 0 radical (unpaired) electrons. The van der Waals surface area contributed by atoms with Crippen LogP contribution in [-0.2, 0) is 20.3 Å². The monoisotopic (exact) mass is 749 g/mol. The fourth-order valence-corrected chi connectivity index (χ4v) is 8.38. The maximum absolute atomic E-state index is 5.50. The molecule has 5 nitrogen and oxygen atoms in total. The Balaban J connectivity index is 1.42. The van der Waals surface area contributed by atoms with Crippen LogP contribution < -0.4 is 15.1 Å². The van der Waals surface area contributed by atoms with Crippen LogP contribution in [0.1, 0.15) is 82.1 Å². The Bertz CT molecular complexity index is 2020. The van der Waals surface area contributed by atoms with Gasteiger partial charge in [-0.15, -0.1) is 0 Å². The third-order valence-electron chi connectivity index (χ3n) is 11.4. The van der Waals surface area contributed by atoms with Crippen molar-refractivity contribution >= 4 is 22.7 Å². The van der Waals surface area contributed by atoms with Gasteiger partial charge in [0.1, 0.15) is 0 Å². The van der Waals surface area contributed by atoms with Gasteiger partial charge in [0.25, 0.3) is 0 Å². The second kappa shape index (κ2) is 18.4. The van der Waals surface area contributed by atoms with Crippen molar-refractivity contribution in [2.45, 2.75) is 84.5 Å². The van der Waals surface area contributed by atoms with E-state index in [1.54, 1.807) is 14.2 Å². The SMILES string of the molecule is COCCCNc1ccc(C)cc1C(C)(C)C/C=C/C1=C(N(c2ccccc2)c2ccccc2)C(=C/C=C2/N(CCCOC)c3ccc(C)cc3C2(C)C)/CC1. The maximum atomic E-state index is 5.50. The Kier molecular flexibility index (Phi) is 13.4. The van der Waals surface area contributed by atoms with Gasteiger partial charge in [-0.25, -0.2) is 0 Å². The van der Waals surface area contributed by atoms with Gasteiger partial charge in [0.2, 0.25) is 0 Å². The van der Waals surface area contributed by atoms with Gasteiger partial charge in [0, 0.05) is 74.4 Å². The zero-order valence-corrected chi connectivity index (χ0v) is 35.1. The molecule has 294 valence electrons. The minimum atomic E-state index is -0.131. The summed E-state index contributed by atoms with van der Waals surface area (Å²) in [6.45, 7) is 17.2. The predicted molar refractivity (Wildman–Crippen MR) is 238 cm³/mol. The number of hydrogen-bond donors (Lipinski definition) is 1. The molecule has 0 unspecified atom stereocenters. The van der Waals surface area contributed by atoms with E-state index in [1.807, 2.05) is 0 Å². The Morgan fingerprint density at radius 2 is 1.43 bits per heavy atom. The lowest BCUT2D eigenvalue weighted by Gasteiger charge is -2.29. The van der Waals surface area contributed by atoms with Crippen molar-refractivity contribution in [1.29, 1.82) is 0 Å². The molecule has 4 aromatic carbocycles. The van der Waals surface area contributed by atoms with Crippen LogP contribution in [0.5, 0.6) is 0 Å². The Labute approximate surface area is 337 Å². The summed E-state index contributed by atoms with van der Waals surface area (Å²) in [5, 5.41) is 3.70. The van der Waals surface area contributed by atoms with E-state index in [0.717, 1.165) is 69.8 Å². The van der Waals surface area contributed by atoms with E-state index in [4.69, 9.17) is 9.47 Å². The summed E-state index contributed by atoms with van der Waals surface area (Å²) in [6.07, 6.45) is 14.5. The lowest BCUT2D eigenvalue weighted by Crippen LogP contribution is -2.27. The van der Waals surface area contributed by atoms with E-state index in [-0.39, 0.29) is 10.8 Å². The van der Waals surface area contributed by atoms with Gasteiger partial charge >= 0.3 is 0 Å². The van der Waals surface area contributed by atoms with E-state index in [1.165, 1.54) is 56.2 Å². The molecular weight excluding hydrogens is 687 g/mol. The fourth-order valence-electron chi connectivity index (χ4n) is 8.38. The van der Waals surface area contributed by atoms with Crippen molar-refractivity contribution in [2.24, 2.45) is 0 Å². The van der Waals surface area contributed by atoms with Gasteiger partial charge in [-0.3, -0.25) is 0 Å². The number of fused-ring (bicyclic) bond motifs is 1. The second-order valence-corrected chi connectivity index (χ2v) is 16.6. The third-order valence-corrected chi connectivity index (χ3v) is 11.4. The highest BCUT2D eigenvalue weighted by molar-refractivity contribution is 5.75. The summed E-state index contributed by atoms with van der Waals surface area (Å²) in [5.41, 5.74) is 15.3. The van der Waals surface area contributed by atoms with Crippen molar-refractivity contribution in [1.82, 2.24) is 0 Å². The van der Waals surface area contributed by atoms with Crippen molar-refractivity contribution in [3.05, 3.63) is 166 Å². The number of anilines is 4. The first-order valence-electron chi connectivity index (χ1n) is 20.5. The fraction of sp³-hybridized carbons (Fsp3) is 0.373. The summed E-state index contributed by atoms with van der Waals surface area (Å²) in [5.74, 6) is 0. The van der Waals surface area contributed by atoms with Gasteiger partial charge in [0.05, 0.1) is 5.70 Å². The van der Waals surface area contributed by atoms with Gasteiger partial charge < -0.3 is 24.6 Å². The van der Waals surface area contributed by atoms with Crippen LogP contribution in [0.2, 0.25) is 0 Å². The highest BCUT2D eigenvalue weighted by Crippen LogP contribution is 2.49. The molecule has 0 aromatic heterocycles. The lowest BCUT2D eigenvalue weighted by atomic mass is 9.79. The standard InChI is InChI=1S/C51H63N3O2/c1-38-23-28-46(52-32-16-34-55-7)44(36-38)50(3,4)31-15-18-40-25-26-41(49(40)54(42-19-11-9-12-20-42)43-21-13-10-14-22-43)27-30-48-51(5,6)45-37-39(2)24-29-47(45)53(48)33-17-35-56-8/h9-15,18-24,27-30,36-37,52H,16-17,25-26,31-35H2,1-8H3/b18-15+,41-27+,48-30+. The van der Waals surface area contributed by atoms with Crippen molar-refractivity contribution in [3.63, 3.8) is 0 Å². The first-order chi connectivity index (χ1) is 27.0. The van der Waals surface area contributed by atoms with Crippen LogP contribution in [0, 0.1) is 13.8 Å². The number of aryl methyl sites for hydroxylation is 2. The number of ether oxygens (including phenoxy) is 2. The van der Waals surface area contributed by atoms with E-state index < -0.39 is 0 Å². The number of allylic oxidation sites excluding steroid dienone is 7. The van der Waals surface area contributed by atoms with Crippen molar-refractivity contribution in [2.75, 3.05) is 55.6 Å². The van der Waals surface area contributed by atoms with E-state index in [2.05, 4.69) is 178 Å². The predicted octanol–water partition coefficient (Wildman–Crippen LogP) is 12.5. The molecule has 4 aromatic rings. The summed E-state index contributed by atoms with van der Waals surface area (Å²) >= 11 is 0. The van der Waals surface area contributed by atoms with Gasteiger partial charge in [-0.2, -0.15) is 0 Å². The molecule has 6 rings (SSSR count). The van der Waals surface area contributed by atoms with E-state index in [0.29, 0.717) is 0 Å². The van der Waals surface area contributed by atoms with Crippen LogP contribution >= 0.6 is 0 Å². The molecule has 5 heteroatoms. The number of rotatable bonds is 17. The Morgan fingerprint density at radius 1 is 0.786 bits per heavy atom. The Hall–Kier alpha value is -4.84. The van der Waals surface area contributed by atoms with E-state index >= 15 is 0 Å². The summed E-state index contributed by atoms with van der Waals surface area (Å²) in [6, 6.07) is 35.4. The number of hydrogen-bond acceptors (Lipinski definition) is 5. The molecule has 0 fully saturated rings. The highest BCUT2D eigenvalue weighted by atomic mass is 16.5. The molecule has 0 atom stereocenters. The minimum Gasteiger partial charge on any atom is -0.385 e. The van der Waals surface area contributed by atoms with Crippen molar-refractivity contribution in [3.8, 4) is 0 Å². The van der Waals surface area contributed by atoms with E-state index in [9.17, 15) is 0 Å². The number of benzene rings is 4. The second-order valence-electron chi connectivity index (χ2n) is 16.6. The lowest BCUT2D eigenvalue weighted by molar-refractivity contribution is 0.196. The largest absolute Gasteiger partial charge is 0.385 e. The van der Waals surface area contributed by atoms with Crippen LogP contribution in [0.25, 0.3) is 0 Å². The summed E-state index contributed by atoms with van der Waals surface area (Å²) in [4.78, 5) is 5.00. The van der Waals surface area contributed by atoms with Crippen LogP contribution in [-0.4, -0.2) is 40.5 Å². The molecule has 56 heavy (non-hydrogen) atoms. The number of methoxy groups -OCH3 is 2. The van der Waals surface area contributed by atoms with Gasteiger partial charge in [-0.1, -0.05) is 118 Å². The number of nitrogens with one attached hydrogen (secondary N) is 1. The molecule has 0 saturated carbocycles. The molecular formula is C51H63N3O2. The Morgan fingerprint density at radius 3 is 2.11 bits per heavy atom. The van der Waals surface area contributed by atoms with Gasteiger partial charge in [-0.05, 0) is 116 Å².